The molecule has 9 heteroatoms. The Morgan fingerprint density at radius 1 is 1.05 bits per heavy atom. The molecule has 0 aliphatic carbocycles. The van der Waals surface area contributed by atoms with Gasteiger partial charge in [0.1, 0.15) is 5.75 Å². The Morgan fingerprint density at radius 2 is 1.80 bits per heavy atom. The summed E-state index contributed by atoms with van der Waals surface area (Å²) in [6, 6.07) is 10.7. The second kappa shape index (κ2) is 11.8. The zero-order valence-electron chi connectivity index (χ0n) is 23.3. The number of methoxy groups -OCH3 is 1. The van der Waals surface area contributed by atoms with Gasteiger partial charge in [0.2, 0.25) is 0 Å². The Kier molecular flexibility index (Phi) is 8.61. The highest BCUT2D eigenvalue weighted by molar-refractivity contribution is 6.31. The molecule has 1 aliphatic rings. The molecule has 2 aromatic carbocycles. The van der Waals surface area contributed by atoms with Crippen molar-refractivity contribution in [3.8, 4) is 16.9 Å². The molecule has 2 heterocycles. The quantitative estimate of drug-likeness (QED) is 0.340. The van der Waals surface area contributed by atoms with Gasteiger partial charge in [-0.25, -0.2) is 0 Å². The first-order chi connectivity index (χ1) is 18.9. The summed E-state index contributed by atoms with van der Waals surface area (Å²) < 4.78 is 12.9. The number of hydrogen-bond acceptors (Lipinski definition) is 6. The van der Waals surface area contributed by atoms with Crippen LogP contribution >= 0.6 is 11.6 Å². The lowest BCUT2D eigenvalue weighted by atomic mass is 9.96. The smallest absolute Gasteiger partial charge is 0.252 e. The first-order valence-corrected chi connectivity index (χ1v) is 13.4. The van der Waals surface area contributed by atoms with Crippen molar-refractivity contribution in [2.24, 2.45) is 0 Å². The molecule has 1 aliphatic heterocycles. The highest BCUT2D eigenvalue weighted by Crippen LogP contribution is 2.34. The maximum atomic E-state index is 13.7. The van der Waals surface area contributed by atoms with Crippen molar-refractivity contribution < 1.29 is 23.9 Å². The number of pyridine rings is 1. The van der Waals surface area contributed by atoms with Gasteiger partial charge in [-0.3, -0.25) is 19.2 Å². The van der Waals surface area contributed by atoms with Gasteiger partial charge < -0.3 is 19.4 Å². The zero-order valence-corrected chi connectivity index (χ0v) is 24.1. The van der Waals surface area contributed by atoms with Gasteiger partial charge in [-0.05, 0) is 75.1 Å². The van der Waals surface area contributed by atoms with Crippen molar-refractivity contribution in [1.29, 1.82) is 0 Å². The van der Waals surface area contributed by atoms with Gasteiger partial charge in [0.15, 0.2) is 11.6 Å². The Balaban J connectivity index is 1.73. The third-order valence-corrected chi connectivity index (χ3v) is 7.02. The van der Waals surface area contributed by atoms with Crippen LogP contribution in [-0.2, 0) is 22.5 Å². The number of benzene rings is 2. The molecule has 1 N–H and O–H groups in total. The zero-order chi connectivity index (χ0) is 29.2. The largest absolute Gasteiger partial charge is 0.495 e. The predicted molar refractivity (Wildman–Crippen MR) is 153 cm³/mol. The number of carbonyl (C=O) groups excluding carboxylic acids is 3. The number of nitrogens with one attached hydrogen (secondary N) is 1. The van der Waals surface area contributed by atoms with Gasteiger partial charge in [0, 0.05) is 47.4 Å². The van der Waals surface area contributed by atoms with Crippen LogP contribution in [0, 0.1) is 0 Å². The molecule has 0 radical (unpaired) electrons. The number of aromatic nitrogens is 1. The maximum Gasteiger partial charge on any atom is 0.252 e. The van der Waals surface area contributed by atoms with Crippen LogP contribution in [0.4, 0.5) is 0 Å². The van der Waals surface area contributed by atoms with E-state index in [-0.39, 0.29) is 36.9 Å². The van der Waals surface area contributed by atoms with Crippen molar-refractivity contribution in [2.45, 2.75) is 58.7 Å². The Bertz CT molecular complexity index is 1540. The van der Waals surface area contributed by atoms with Crippen LogP contribution in [0.25, 0.3) is 11.1 Å². The fourth-order valence-electron chi connectivity index (χ4n) is 4.84. The van der Waals surface area contributed by atoms with E-state index >= 15 is 0 Å². The fourth-order valence-corrected chi connectivity index (χ4v) is 5.01. The average molecular weight is 565 g/mol. The van der Waals surface area contributed by atoms with Gasteiger partial charge >= 0.3 is 0 Å². The van der Waals surface area contributed by atoms with Crippen molar-refractivity contribution >= 4 is 29.1 Å². The number of rotatable bonds is 10. The number of nitrogens with zero attached hydrogens (tertiary/aromatic N) is 1. The number of fused-ring (bicyclic) bond motifs is 1. The molecule has 40 heavy (non-hydrogen) atoms. The molecule has 0 saturated carbocycles. The van der Waals surface area contributed by atoms with E-state index < -0.39 is 17.2 Å². The third kappa shape index (κ3) is 6.51. The van der Waals surface area contributed by atoms with E-state index in [2.05, 4.69) is 5.32 Å². The lowest BCUT2D eigenvalue weighted by Crippen LogP contribution is -2.32. The molecule has 4 rings (SSSR count). The van der Waals surface area contributed by atoms with Crippen LogP contribution in [-0.4, -0.2) is 41.4 Å². The number of carbonyl (C=O) groups is 3. The number of ketones is 2. The third-order valence-electron chi connectivity index (χ3n) is 6.78. The first kappa shape index (κ1) is 29.2. The second-order valence-corrected chi connectivity index (χ2v) is 11.3. The molecule has 0 saturated heterocycles. The van der Waals surface area contributed by atoms with E-state index in [1.54, 1.807) is 30.3 Å². The number of ether oxygens (including phenoxy) is 2. The molecule has 3 aromatic rings. The average Bonchev–Trinajstić information content (AvgIpc) is 3.25. The Morgan fingerprint density at radius 3 is 2.48 bits per heavy atom. The molecular weight excluding hydrogens is 532 g/mol. The van der Waals surface area contributed by atoms with E-state index in [9.17, 15) is 19.2 Å². The Hall–Kier alpha value is -3.75. The summed E-state index contributed by atoms with van der Waals surface area (Å²) in [6.45, 7) is 7.88. The minimum absolute atomic E-state index is 0.0704. The minimum Gasteiger partial charge on any atom is -0.495 e. The fraction of sp³-hybridized carbons (Fsp3) is 0.355. The van der Waals surface area contributed by atoms with Crippen LogP contribution in [0.3, 0.4) is 0 Å². The summed E-state index contributed by atoms with van der Waals surface area (Å²) in [7, 11) is 1.46. The number of amides is 1. The highest BCUT2D eigenvalue weighted by Gasteiger charge is 2.26. The molecule has 1 atom stereocenters. The van der Waals surface area contributed by atoms with E-state index in [4.69, 9.17) is 21.1 Å². The molecule has 0 spiro atoms. The van der Waals surface area contributed by atoms with Crippen molar-refractivity contribution in [3.63, 3.8) is 0 Å². The van der Waals surface area contributed by atoms with Crippen LogP contribution in [0.1, 0.15) is 72.0 Å². The van der Waals surface area contributed by atoms with Crippen LogP contribution in [0.2, 0.25) is 5.02 Å². The van der Waals surface area contributed by atoms with Gasteiger partial charge in [0.25, 0.3) is 11.5 Å². The maximum absolute atomic E-state index is 13.7. The highest BCUT2D eigenvalue weighted by atomic mass is 35.5. The second-order valence-electron chi connectivity index (χ2n) is 10.8. The minimum atomic E-state index is -0.836. The van der Waals surface area contributed by atoms with E-state index in [1.165, 1.54) is 30.9 Å². The molecule has 1 aromatic heterocycles. The molecule has 0 fully saturated rings. The lowest BCUT2D eigenvalue weighted by Gasteiger charge is -2.24. The van der Waals surface area contributed by atoms with Gasteiger partial charge in [0.05, 0.1) is 24.9 Å². The van der Waals surface area contributed by atoms with Crippen LogP contribution in [0.5, 0.6) is 5.75 Å². The normalized spacial score (nSPS) is 13.5. The standard InChI is InChI=1S/C31H33ClN2O6/c1-18(35)22-9-7-21(32)14-24(22)25-15-29(37)34(17-28(25)39-5)26(10-11-40-31(2,3)4)27(36)13-19-6-8-23-20(12-19)16-33-30(23)38/h6-9,12,14-15,17,26H,10-11,13,16H2,1-5H3,(H,33,38). The molecule has 1 amide bonds. The summed E-state index contributed by atoms with van der Waals surface area (Å²) >= 11 is 6.23. The summed E-state index contributed by atoms with van der Waals surface area (Å²) in [5.41, 5.74) is 2.63. The van der Waals surface area contributed by atoms with Gasteiger partial charge in [-0.15, -0.1) is 0 Å². The van der Waals surface area contributed by atoms with E-state index in [0.717, 1.165) is 11.1 Å². The molecule has 8 nitrogen and oxygen atoms in total. The molecular formula is C31H33ClN2O6. The van der Waals surface area contributed by atoms with E-state index in [0.29, 0.717) is 39.6 Å². The summed E-state index contributed by atoms with van der Waals surface area (Å²) in [6.07, 6.45) is 1.84. The number of Topliss-reactive ketones (excluding diaryl/α,β-unsaturated/α-hetero) is 2. The lowest BCUT2D eigenvalue weighted by molar-refractivity contribution is -0.122. The SMILES string of the molecule is COc1cn(C(CCOC(C)(C)C)C(=O)Cc2ccc3c(c2)CNC3=O)c(=O)cc1-c1cc(Cl)ccc1C(C)=O. The Labute approximate surface area is 238 Å². The number of halogens is 1. The summed E-state index contributed by atoms with van der Waals surface area (Å²) in [5.74, 6) is -0.173. The van der Waals surface area contributed by atoms with Crippen LogP contribution < -0.4 is 15.6 Å². The molecule has 210 valence electrons. The summed E-state index contributed by atoms with van der Waals surface area (Å²) in [5, 5.41) is 3.19. The topological polar surface area (TPSA) is 104 Å². The van der Waals surface area contributed by atoms with Crippen LogP contribution in [0.15, 0.2) is 53.5 Å². The first-order valence-electron chi connectivity index (χ1n) is 13.1. The van der Waals surface area contributed by atoms with E-state index in [1.807, 2.05) is 26.8 Å². The monoisotopic (exact) mass is 564 g/mol. The van der Waals surface area contributed by atoms with Gasteiger partial charge in [-0.2, -0.15) is 0 Å². The van der Waals surface area contributed by atoms with Crippen molar-refractivity contribution in [3.05, 3.63) is 86.3 Å². The predicted octanol–water partition coefficient (Wildman–Crippen LogP) is 5.18. The molecule has 1 unspecified atom stereocenters. The van der Waals surface area contributed by atoms with Gasteiger partial charge in [-0.1, -0.05) is 23.7 Å². The number of hydrogen-bond donors (Lipinski definition) is 1. The summed E-state index contributed by atoms with van der Waals surface area (Å²) in [4.78, 5) is 51.5. The van der Waals surface area contributed by atoms with Crippen molar-refractivity contribution in [1.82, 2.24) is 9.88 Å². The van der Waals surface area contributed by atoms with Crippen molar-refractivity contribution in [2.75, 3.05) is 13.7 Å². The molecule has 0 bridgehead atoms.